The summed E-state index contributed by atoms with van der Waals surface area (Å²) in [6.45, 7) is 0. The summed E-state index contributed by atoms with van der Waals surface area (Å²) in [4.78, 5) is 8.36. The molecule has 0 atom stereocenters. The zero-order valence-electron chi connectivity index (χ0n) is 20.4. The average Bonchev–Trinajstić information content (AvgIpc) is 2.95. The number of halogens is 7. The monoisotopic (exact) mass is 896 g/mol. The molecule has 5 rings (SSSR count). The minimum atomic E-state index is -1.72. The molecule has 12 heteroatoms. The van der Waals surface area contributed by atoms with Crippen LogP contribution >= 0.6 is 69.1 Å². The Morgan fingerprint density at radius 2 is 0.925 bits per heavy atom. The quantitative estimate of drug-likeness (QED) is 0.108. The zero-order chi connectivity index (χ0) is 29.5. The van der Waals surface area contributed by atoms with Gasteiger partial charge in [-0.05, 0) is 86.5 Å². The standard InChI is InChI=1S/C17H11F2N.C6H6BFO2.C5H3Br2N.I2/c18-14-8-3-1-6-12(14)16-10-5-11-17(20-16)13-7-2-4-9-15(13)19;8-6-4-2-1-3-5(6)7(9)10;6-4-2-1-3-5(7)8-4;1-2/h1-11H;1-4,9-10H;1-3H;. The Balaban J connectivity index is 0.000000234. The number of hydrogen-bond donors (Lipinski definition) is 2. The molecule has 2 aromatic heterocycles. The third-order valence-corrected chi connectivity index (χ3v) is 5.80. The number of rotatable bonds is 3. The molecule has 0 saturated heterocycles. The Labute approximate surface area is 270 Å². The van der Waals surface area contributed by atoms with Gasteiger partial charge in [-0.2, -0.15) is 0 Å². The predicted octanol–water partition coefficient (Wildman–Crippen LogP) is 8.58. The maximum atomic E-state index is 13.8. The number of aromatic nitrogens is 2. The second kappa shape index (κ2) is 18.6. The van der Waals surface area contributed by atoms with E-state index in [0.717, 1.165) is 9.21 Å². The summed E-state index contributed by atoms with van der Waals surface area (Å²) in [6.07, 6.45) is 0. The number of benzene rings is 3. The Morgan fingerprint density at radius 1 is 0.525 bits per heavy atom. The summed E-state index contributed by atoms with van der Waals surface area (Å²) >= 11 is 10.7. The van der Waals surface area contributed by atoms with Gasteiger partial charge in [0.15, 0.2) is 0 Å². The maximum absolute atomic E-state index is 13.8. The fraction of sp³-hybridized carbons (Fsp3) is 0. The molecule has 0 radical (unpaired) electrons. The van der Waals surface area contributed by atoms with Crippen molar-refractivity contribution < 1.29 is 23.2 Å². The van der Waals surface area contributed by atoms with E-state index in [4.69, 9.17) is 10.0 Å². The molecule has 0 saturated carbocycles. The molecule has 0 unspecified atom stereocenters. The number of hydrogen-bond acceptors (Lipinski definition) is 4. The van der Waals surface area contributed by atoms with Gasteiger partial charge in [0.1, 0.15) is 26.7 Å². The molecule has 0 spiro atoms. The number of nitrogens with zero attached hydrogens (tertiary/aromatic N) is 2. The van der Waals surface area contributed by atoms with E-state index in [9.17, 15) is 13.2 Å². The molecular formula is C28H20BBr2F3I2N2O2. The second-order valence-electron chi connectivity index (χ2n) is 7.55. The highest BCUT2D eigenvalue weighted by Gasteiger charge is 2.14. The molecule has 0 aliphatic carbocycles. The summed E-state index contributed by atoms with van der Waals surface area (Å²) in [5, 5.41) is 17.0. The van der Waals surface area contributed by atoms with E-state index >= 15 is 0 Å². The van der Waals surface area contributed by atoms with Crippen LogP contribution in [-0.2, 0) is 0 Å². The van der Waals surface area contributed by atoms with Gasteiger partial charge in [-0.25, -0.2) is 23.1 Å². The highest BCUT2D eigenvalue weighted by Crippen LogP contribution is 2.25. The molecule has 0 aliphatic heterocycles. The average molecular weight is 898 g/mol. The van der Waals surface area contributed by atoms with Crippen LogP contribution < -0.4 is 5.46 Å². The van der Waals surface area contributed by atoms with Crippen LogP contribution in [0.15, 0.2) is 118 Å². The van der Waals surface area contributed by atoms with Gasteiger partial charge in [0.05, 0.1) is 11.4 Å². The third-order valence-electron chi connectivity index (χ3n) is 4.91. The summed E-state index contributed by atoms with van der Waals surface area (Å²) in [7, 11) is -1.72. The molecule has 3 aromatic carbocycles. The van der Waals surface area contributed by atoms with Crippen molar-refractivity contribution in [1.29, 1.82) is 0 Å². The summed E-state index contributed by atoms with van der Waals surface area (Å²) in [5.74, 6) is -1.28. The third kappa shape index (κ3) is 11.2. The van der Waals surface area contributed by atoms with E-state index in [2.05, 4.69) is 79.1 Å². The van der Waals surface area contributed by atoms with Crippen LogP contribution in [0.2, 0.25) is 0 Å². The van der Waals surface area contributed by atoms with Crippen molar-refractivity contribution in [2.75, 3.05) is 0 Å². The van der Waals surface area contributed by atoms with Gasteiger partial charge in [-0.15, -0.1) is 0 Å². The first-order chi connectivity index (χ1) is 19.3. The van der Waals surface area contributed by atoms with Gasteiger partial charge in [-0.1, -0.05) is 54.6 Å². The van der Waals surface area contributed by atoms with Crippen molar-refractivity contribution >= 4 is 81.7 Å². The Morgan fingerprint density at radius 3 is 1.27 bits per heavy atom. The topological polar surface area (TPSA) is 66.2 Å². The second-order valence-corrected chi connectivity index (χ2v) is 9.17. The molecule has 0 bridgehead atoms. The lowest BCUT2D eigenvalue weighted by molar-refractivity contribution is 0.423. The van der Waals surface area contributed by atoms with E-state index in [1.54, 1.807) is 54.6 Å². The predicted molar refractivity (Wildman–Crippen MR) is 179 cm³/mol. The van der Waals surface area contributed by atoms with Crippen molar-refractivity contribution in [2.45, 2.75) is 0 Å². The van der Waals surface area contributed by atoms with Crippen molar-refractivity contribution in [3.05, 3.63) is 136 Å². The molecule has 0 aliphatic rings. The molecule has 40 heavy (non-hydrogen) atoms. The molecule has 5 aromatic rings. The Bertz CT molecular complexity index is 1430. The summed E-state index contributed by atoms with van der Waals surface area (Å²) in [5.41, 5.74) is 1.70. The minimum absolute atomic E-state index is 0.0949. The molecule has 2 heterocycles. The van der Waals surface area contributed by atoms with Crippen LogP contribution in [-0.4, -0.2) is 27.1 Å². The van der Waals surface area contributed by atoms with Gasteiger partial charge >= 0.3 is 7.12 Å². The van der Waals surface area contributed by atoms with E-state index in [1.165, 1.54) is 36.4 Å². The van der Waals surface area contributed by atoms with E-state index in [-0.39, 0.29) is 17.1 Å². The molecule has 2 N–H and O–H groups in total. The van der Waals surface area contributed by atoms with Gasteiger partial charge in [-0.3, -0.25) is 0 Å². The molecule has 4 nitrogen and oxygen atoms in total. The van der Waals surface area contributed by atoms with Crippen LogP contribution in [0.1, 0.15) is 0 Å². The van der Waals surface area contributed by atoms with Gasteiger partial charge in [0, 0.05) is 53.8 Å². The number of pyridine rings is 2. The Kier molecular flexibility index (Phi) is 15.9. The lowest BCUT2D eigenvalue weighted by Gasteiger charge is -2.06. The lowest BCUT2D eigenvalue weighted by Crippen LogP contribution is -2.32. The van der Waals surface area contributed by atoms with E-state index in [0.29, 0.717) is 22.5 Å². The van der Waals surface area contributed by atoms with Crippen LogP contribution in [0, 0.1) is 17.5 Å². The van der Waals surface area contributed by atoms with Crippen molar-refractivity contribution in [2.24, 2.45) is 0 Å². The molecular weight excluding hydrogens is 878 g/mol. The first kappa shape index (κ1) is 34.4. The molecule has 206 valence electrons. The van der Waals surface area contributed by atoms with E-state index in [1.807, 2.05) is 18.2 Å². The first-order valence-corrected chi connectivity index (χ1v) is 19.1. The fourth-order valence-electron chi connectivity index (χ4n) is 3.14. The molecule has 0 amide bonds. The maximum Gasteiger partial charge on any atom is 0.491 e. The van der Waals surface area contributed by atoms with E-state index < -0.39 is 12.9 Å². The Hall–Kier alpha value is -1.85. The van der Waals surface area contributed by atoms with Crippen molar-refractivity contribution in [3.63, 3.8) is 0 Å². The molecule has 0 fully saturated rings. The zero-order valence-corrected chi connectivity index (χ0v) is 27.9. The summed E-state index contributed by atoms with van der Waals surface area (Å²) in [6, 6.07) is 29.2. The smallest absolute Gasteiger partial charge is 0.423 e. The van der Waals surface area contributed by atoms with Crippen molar-refractivity contribution in [1.82, 2.24) is 9.97 Å². The normalized spacial score (nSPS) is 9.62. The van der Waals surface area contributed by atoms with Gasteiger partial charge < -0.3 is 10.0 Å². The highest BCUT2D eigenvalue weighted by molar-refractivity contribution is 15.0. The van der Waals surface area contributed by atoms with Crippen LogP contribution in [0.25, 0.3) is 22.5 Å². The fourth-order valence-corrected chi connectivity index (χ4v) is 4.07. The largest absolute Gasteiger partial charge is 0.491 e. The first-order valence-electron chi connectivity index (χ1n) is 11.3. The lowest BCUT2D eigenvalue weighted by atomic mass is 9.80. The van der Waals surface area contributed by atoms with Gasteiger partial charge in [0.25, 0.3) is 0 Å². The summed E-state index contributed by atoms with van der Waals surface area (Å²) < 4.78 is 41.8. The van der Waals surface area contributed by atoms with Crippen molar-refractivity contribution in [3.8, 4) is 22.5 Å². The van der Waals surface area contributed by atoms with Gasteiger partial charge in [0.2, 0.25) is 0 Å². The van der Waals surface area contributed by atoms with Crippen LogP contribution in [0.4, 0.5) is 13.2 Å². The minimum Gasteiger partial charge on any atom is -0.423 e. The highest BCUT2D eigenvalue weighted by atomic mass is 128. The van der Waals surface area contributed by atoms with Crippen LogP contribution in [0.5, 0.6) is 0 Å². The SMILES string of the molecule is Brc1cccc(Br)n1.Fc1ccccc1-c1cccc(-c2ccccc2F)n1.II.OB(O)c1ccccc1F. The van der Waals surface area contributed by atoms with Crippen LogP contribution in [0.3, 0.4) is 0 Å².